The summed E-state index contributed by atoms with van der Waals surface area (Å²) in [6.45, 7) is 4.77. The van der Waals surface area contributed by atoms with Crippen molar-refractivity contribution in [3.8, 4) is 0 Å². The van der Waals surface area contributed by atoms with Crippen LogP contribution in [0.5, 0.6) is 0 Å². The van der Waals surface area contributed by atoms with Crippen LogP contribution in [0.15, 0.2) is 35.5 Å². The molecule has 2 saturated carbocycles. The van der Waals surface area contributed by atoms with Gasteiger partial charge in [0, 0.05) is 0 Å². The molecular formula is C22H30Cl2Zr. The monoisotopic (exact) mass is 454 g/mol. The molecule has 0 unspecified atom stereocenters. The molecule has 25 heavy (non-hydrogen) atoms. The van der Waals surface area contributed by atoms with Gasteiger partial charge in [-0.1, -0.05) is 39.5 Å². The Bertz CT molecular complexity index is 468. The van der Waals surface area contributed by atoms with Gasteiger partial charge in [0.2, 0.25) is 0 Å². The van der Waals surface area contributed by atoms with Crippen LogP contribution >= 0.6 is 0 Å². The number of hydrogen-bond donors (Lipinski definition) is 0. The zero-order valence-electron chi connectivity index (χ0n) is 15.6. The molecule has 4 rings (SSSR count). The van der Waals surface area contributed by atoms with E-state index in [-0.39, 0.29) is 51.0 Å². The maximum absolute atomic E-state index is 3.44. The Morgan fingerprint density at radius 3 is 1.24 bits per heavy atom. The van der Waals surface area contributed by atoms with Gasteiger partial charge in [-0.2, -0.15) is 12.2 Å². The molecular weight excluding hydrogens is 426 g/mol. The van der Waals surface area contributed by atoms with Crippen molar-refractivity contribution in [1.82, 2.24) is 0 Å². The molecule has 0 atom stereocenters. The van der Waals surface area contributed by atoms with Crippen LogP contribution in [0.25, 0.3) is 0 Å². The minimum atomic E-state index is 0. The third-order valence-electron chi connectivity index (χ3n) is 6.10. The average molecular weight is 457 g/mol. The van der Waals surface area contributed by atoms with Gasteiger partial charge in [0.05, 0.1) is 0 Å². The summed E-state index contributed by atoms with van der Waals surface area (Å²) in [6, 6.07) is 0. The summed E-state index contributed by atoms with van der Waals surface area (Å²) < 4.78 is 0. The number of allylic oxidation sites excluding steroid dienone is 8. The molecule has 0 aromatic heterocycles. The minimum absolute atomic E-state index is 0. The molecule has 0 aromatic carbocycles. The first-order valence-electron chi connectivity index (χ1n) is 9.18. The van der Waals surface area contributed by atoms with Gasteiger partial charge >= 0.3 is 26.2 Å². The average Bonchev–Trinajstić information content (AvgIpc) is 3.29. The Balaban J connectivity index is 0.000000411. The summed E-state index contributed by atoms with van der Waals surface area (Å²) in [5, 5.41) is 0. The van der Waals surface area contributed by atoms with E-state index >= 15 is 0 Å². The van der Waals surface area contributed by atoms with Crippen molar-refractivity contribution in [2.75, 3.05) is 0 Å². The molecule has 2 fully saturated rings. The molecule has 0 aromatic rings. The summed E-state index contributed by atoms with van der Waals surface area (Å²) in [7, 11) is 0. The molecule has 0 amide bonds. The summed E-state index contributed by atoms with van der Waals surface area (Å²) in [5.74, 6) is 0. The molecule has 4 aliphatic rings. The first-order valence-corrected chi connectivity index (χ1v) is 9.18. The molecule has 0 aliphatic heterocycles. The predicted molar refractivity (Wildman–Crippen MR) is 94.2 cm³/mol. The fourth-order valence-corrected chi connectivity index (χ4v) is 4.49. The second-order valence-corrected chi connectivity index (χ2v) is 7.93. The molecule has 136 valence electrons. The van der Waals surface area contributed by atoms with Gasteiger partial charge in [0.15, 0.2) is 0 Å². The third-order valence-corrected chi connectivity index (χ3v) is 6.10. The Labute approximate surface area is 186 Å². The minimum Gasteiger partial charge on any atom is -1.00 e. The normalized spacial score (nSPS) is 24.2. The van der Waals surface area contributed by atoms with E-state index in [1.54, 1.807) is 0 Å². The number of rotatable bonds is 2. The van der Waals surface area contributed by atoms with Crippen LogP contribution < -0.4 is 24.8 Å². The van der Waals surface area contributed by atoms with E-state index in [1.807, 2.05) is 0 Å². The van der Waals surface area contributed by atoms with E-state index in [9.17, 15) is 0 Å². The van der Waals surface area contributed by atoms with Crippen molar-refractivity contribution in [2.45, 2.75) is 78.1 Å². The molecule has 0 bridgehead atoms. The van der Waals surface area contributed by atoms with Crippen molar-refractivity contribution >= 4 is 0 Å². The van der Waals surface area contributed by atoms with Crippen molar-refractivity contribution < 1.29 is 51.0 Å². The molecule has 0 heterocycles. The SMILES string of the molecule is CC1(C2=[C-]CC=C2)CCCC1.CC1(C2=[C-]CC=C2)CCCC1.[Cl-].[Cl-].[Zr+4]. The first-order chi connectivity index (χ1) is 10.6. The number of halogens is 2. The Morgan fingerprint density at radius 2 is 1.00 bits per heavy atom. The Hall–Kier alpha value is 0.423. The molecule has 0 N–H and O–H groups in total. The van der Waals surface area contributed by atoms with Crippen molar-refractivity contribution in [2.24, 2.45) is 10.8 Å². The zero-order valence-corrected chi connectivity index (χ0v) is 19.6. The summed E-state index contributed by atoms with van der Waals surface area (Å²) in [5.41, 5.74) is 3.95. The fraction of sp³-hybridized carbons (Fsp3) is 0.636. The summed E-state index contributed by atoms with van der Waals surface area (Å²) in [6.07, 6.45) is 29.1. The van der Waals surface area contributed by atoms with Gasteiger partial charge in [-0.15, -0.1) is 12.8 Å². The second-order valence-electron chi connectivity index (χ2n) is 7.93. The topological polar surface area (TPSA) is 0 Å². The van der Waals surface area contributed by atoms with E-state index in [2.05, 4.69) is 50.3 Å². The van der Waals surface area contributed by atoms with Gasteiger partial charge in [-0.3, -0.25) is 12.2 Å². The van der Waals surface area contributed by atoms with Crippen LogP contribution in [-0.2, 0) is 26.2 Å². The molecule has 4 aliphatic carbocycles. The van der Waals surface area contributed by atoms with Crippen LogP contribution in [0, 0.1) is 23.0 Å². The van der Waals surface area contributed by atoms with Crippen molar-refractivity contribution in [3.05, 3.63) is 47.6 Å². The van der Waals surface area contributed by atoms with Crippen LogP contribution in [0.2, 0.25) is 0 Å². The molecule has 0 saturated heterocycles. The van der Waals surface area contributed by atoms with E-state index < -0.39 is 0 Å². The molecule has 0 spiro atoms. The number of hydrogen-bond acceptors (Lipinski definition) is 0. The van der Waals surface area contributed by atoms with Crippen LogP contribution in [0.3, 0.4) is 0 Å². The smallest absolute Gasteiger partial charge is 1.00 e. The maximum atomic E-state index is 3.44. The van der Waals surface area contributed by atoms with Gasteiger partial charge in [-0.25, -0.2) is 23.3 Å². The Kier molecular flexibility index (Phi) is 11.5. The maximum Gasteiger partial charge on any atom is 4.00 e. The van der Waals surface area contributed by atoms with Gasteiger partial charge < -0.3 is 24.8 Å². The van der Waals surface area contributed by atoms with Gasteiger partial charge in [-0.05, 0) is 36.5 Å². The van der Waals surface area contributed by atoms with E-state index in [0.717, 1.165) is 12.8 Å². The van der Waals surface area contributed by atoms with Crippen molar-refractivity contribution in [1.29, 1.82) is 0 Å². The summed E-state index contributed by atoms with van der Waals surface area (Å²) in [4.78, 5) is 0. The van der Waals surface area contributed by atoms with Crippen LogP contribution in [-0.4, -0.2) is 0 Å². The second kappa shape index (κ2) is 11.3. The Morgan fingerprint density at radius 1 is 0.680 bits per heavy atom. The predicted octanol–water partition coefficient (Wildman–Crippen LogP) is 0.518. The fourth-order valence-electron chi connectivity index (χ4n) is 4.49. The van der Waals surface area contributed by atoms with E-state index in [1.165, 1.54) is 62.5 Å². The summed E-state index contributed by atoms with van der Waals surface area (Å²) >= 11 is 0. The standard InChI is InChI=1S/2C11H15.2ClH.Zr/c2*1-11(8-4-5-9-11)10-6-2-3-7-10;;;/h2*2,6H,3-5,8-9H2,1H3;2*1H;/q2*-1;;;+4/p-2. The van der Waals surface area contributed by atoms with Gasteiger partial charge in [0.1, 0.15) is 0 Å². The van der Waals surface area contributed by atoms with Crippen LogP contribution in [0.4, 0.5) is 0 Å². The van der Waals surface area contributed by atoms with Gasteiger partial charge in [0.25, 0.3) is 0 Å². The van der Waals surface area contributed by atoms with Crippen molar-refractivity contribution in [3.63, 3.8) is 0 Å². The molecule has 3 heteroatoms. The third kappa shape index (κ3) is 6.22. The van der Waals surface area contributed by atoms with Crippen LogP contribution in [0.1, 0.15) is 78.1 Å². The quantitative estimate of drug-likeness (QED) is 0.532. The van der Waals surface area contributed by atoms with E-state index in [4.69, 9.17) is 0 Å². The first kappa shape index (κ1) is 25.4. The molecule has 0 radical (unpaired) electrons. The largest absolute Gasteiger partial charge is 4.00 e. The zero-order chi connectivity index (χ0) is 15.5. The molecule has 0 nitrogen and oxygen atoms in total. The van der Waals surface area contributed by atoms with E-state index in [0.29, 0.717) is 10.8 Å².